The quantitative estimate of drug-likeness (QED) is 0.859. The molecule has 0 heterocycles. The average molecular weight is 239 g/mol. The lowest BCUT2D eigenvalue weighted by Crippen LogP contribution is -2.10. The van der Waals surface area contributed by atoms with Gasteiger partial charge < -0.3 is 5.32 Å². The second-order valence-electron chi connectivity index (χ2n) is 4.49. The van der Waals surface area contributed by atoms with E-state index in [2.05, 4.69) is 5.32 Å². The Labute approximate surface area is 99.0 Å². The highest BCUT2D eigenvalue weighted by Crippen LogP contribution is 2.55. The Bertz CT molecular complexity index is 457. The number of halogens is 2. The van der Waals surface area contributed by atoms with Gasteiger partial charge in [0.25, 0.3) is 5.92 Å². The van der Waals surface area contributed by atoms with Crippen LogP contribution in [0.15, 0.2) is 18.2 Å². The van der Waals surface area contributed by atoms with Gasteiger partial charge in [0.2, 0.25) is 5.91 Å². The van der Waals surface area contributed by atoms with E-state index < -0.39 is 11.8 Å². The molecule has 4 heteroatoms. The van der Waals surface area contributed by atoms with E-state index in [1.165, 1.54) is 0 Å². The van der Waals surface area contributed by atoms with E-state index in [1.807, 2.05) is 6.92 Å². The van der Waals surface area contributed by atoms with Crippen LogP contribution in [0.5, 0.6) is 0 Å². The van der Waals surface area contributed by atoms with Crippen molar-refractivity contribution in [2.24, 2.45) is 0 Å². The lowest BCUT2D eigenvalue weighted by molar-refractivity contribution is -0.115. The highest BCUT2D eigenvalue weighted by molar-refractivity contribution is 5.91. The van der Waals surface area contributed by atoms with E-state index >= 15 is 0 Å². The van der Waals surface area contributed by atoms with Crippen LogP contribution in [-0.4, -0.2) is 11.8 Å². The van der Waals surface area contributed by atoms with E-state index in [0.29, 0.717) is 17.7 Å². The Morgan fingerprint density at radius 2 is 2.18 bits per heavy atom. The summed E-state index contributed by atoms with van der Waals surface area (Å²) in [7, 11) is 0. The van der Waals surface area contributed by atoms with Crippen molar-refractivity contribution in [2.75, 3.05) is 5.32 Å². The topological polar surface area (TPSA) is 29.1 Å². The number of benzene rings is 1. The number of alkyl halides is 2. The minimum atomic E-state index is -2.54. The molecule has 1 unspecified atom stereocenters. The van der Waals surface area contributed by atoms with Gasteiger partial charge in [-0.2, -0.15) is 0 Å². The molecule has 1 N–H and O–H groups in total. The van der Waals surface area contributed by atoms with E-state index in [-0.39, 0.29) is 12.3 Å². The summed E-state index contributed by atoms with van der Waals surface area (Å²) in [6, 6.07) is 5.10. The first-order valence-electron chi connectivity index (χ1n) is 5.72. The van der Waals surface area contributed by atoms with Gasteiger partial charge in [0.15, 0.2) is 0 Å². The third-order valence-electron chi connectivity index (χ3n) is 3.07. The van der Waals surface area contributed by atoms with Crippen LogP contribution in [0.4, 0.5) is 14.5 Å². The monoisotopic (exact) mass is 239 g/mol. The second kappa shape index (κ2) is 4.09. The summed E-state index contributed by atoms with van der Waals surface area (Å²) in [6.45, 7) is 3.58. The first-order chi connectivity index (χ1) is 7.94. The van der Waals surface area contributed by atoms with Crippen molar-refractivity contribution in [3.8, 4) is 0 Å². The molecule has 17 heavy (non-hydrogen) atoms. The second-order valence-corrected chi connectivity index (χ2v) is 4.49. The van der Waals surface area contributed by atoms with E-state index in [0.717, 1.165) is 5.56 Å². The molecular formula is C13H15F2NO. The maximum Gasteiger partial charge on any atom is 0.255 e. The summed E-state index contributed by atoms with van der Waals surface area (Å²) in [5.74, 6) is -3.25. The average Bonchev–Trinajstić information content (AvgIpc) is 2.90. The van der Waals surface area contributed by atoms with Crippen LogP contribution in [0, 0.1) is 6.92 Å². The van der Waals surface area contributed by atoms with E-state index in [1.54, 1.807) is 25.1 Å². The largest absolute Gasteiger partial charge is 0.326 e. The predicted molar refractivity (Wildman–Crippen MR) is 62.4 cm³/mol. The van der Waals surface area contributed by atoms with Crippen molar-refractivity contribution in [3.63, 3.8) is 0 Å². The highest BCUT2D eigenvalue weighted by Gasteiger charge is 2.57. The molecule has 0 radical (unpaired) electrons. The van der Waals surface area contributed by atoms with Gasteiger partial charge in [-0.15, -0.1) is 0 Å². The number of hydrogen-bond donors (Lipinski definition) is 1. The van der Waals surface area contributed by atoms with E-state index in [9.17, 15) is 13.6 Å². The number of nitrogens with one attached hydrogen (secondary N) is 1. The first kappa shape index (κ1) is 12.0. The Hall–Kier alpha value is -1.45. The zero-order chi connectivity index (χ0) is 12.6. The Balaban J connectivity index is 2.15. The molecule has 1 aromatic rings. The SMILES string of the molecule is CCC(=O)Nc1ccc(C2CC2(F)F)cc1C. The molecule has 1 fully saturated rings. The number of hydrogen-bond acceptors (Lipinski definition) is 1. The van der Waals surface area contributed by atoms with Gasteiger partial charge in [-0.1, -0.05) is 19.1 Å². The zero-order valence-electron chi connectivity index (χ0n) is 9.89. The highest BCUT2D eigenvalue weighted by atomic mass is 19.3. The van der Waals surface area contributed by atoms with Gasteiger partial charge in [0.05, 0.1) is 5.92 Å². The molecule has 0 bridgehead atoms. The Kier molecular flexibility index (Phi) is 2.89. The summed E-state index contributed by atoms with van der Waals surface area (Å²) >= 11 is 0. The third kappa shape index (κ3) is 2.46. The zero-order valence-corrected chi connectivity index (χ0v) is 9.89. The van der Waals surface area contributed by atoms with Crippen molar-refractivity contribution in [1.82, 2.24) is 0 Å². The molecule has 1 aliphatic carbocycles. The normalized spacial score (nSPS) is 21.1. The molecule has 0 aliphatic heterocycles. The molecule has 1 atom stereocenters. The predicted octanol–water partition coefficient (Wildman–Crippen LogP) is 3.47. The van der Waals surface area contributed by atoms with Gasteiger partial charge >= 0.3 is 0 Å². The summed E-state index contributed by atoms with van der Waals surface area (Å²) < 4.78 is 25.8. The molecule has 0 spiro atoms. The molecule has 0 aromatic heterocycles. The van der Waals surface area contributed by atoms with Gasteiger partial charge in [0, 0.05) is 18.5 Å². The first-order valence-corrected chi connectivity index (χ1v) is 5.72. The van der Waals surface area contributed by atoms with Crippen LogP contribution in [0.2, 0.25) is 0 Å². The summed E-state index contributed by atoms with van der Waals surface area (Å²) in [4.78, 5) is 11.2. The van der Waals surface area contributed by atoms with Crippen LogP contribution in [0.25, 0.3) is 0 Å². The van der Waals surface area contributed by atoms with Gasteiger partial charge in [-0.3, -0.25) is 4.79 Å². The molecule has 1 saturated carbocycles. The number of aryl methyl sites for hydroxylation is 1. The number of carbonyl (C=O) groups excluding carboxylic acids is 1. The molecule has 1 aromatic carbocycles. The van der Waals surface area contributed by atoms with Crippen molar-refractivity contribution in [2.45, 2.75) is 38.5 Å². The van der Waals surface area contributed by atoms with Crippen LogP contribution < -0.4 is 5.32 Å². The van der Waals surface area contributed by atoms with Crippen molar-refractivity contribution < 1.29 is 13.6 Å². The molecule has 1 amide bonds. The molecule has 1 aliphatic rings. The van der Waals surface area contributed by atoms with Crippen molar-refractivity contribution >= 4 is 11.6 Å². The van der Waals surface area contributed by atoms with Crippen LogP contribution in [-0.2, 0) is 4.79 Å². The summed E-state index contributed by atoms with van der Waals surface area (Å²) in [6.07, 6.45) is 0.342. The third-order valence-corrected chi connectivity index (χ3v) is 3.07. The van der Waals surface area contributed by atoms with Gasteiger partial charge in [0.1, 0.15) is 0 Å². The van der Waals surface area contributed by atoms with Gasteiger partial charge in [-0.05, 0) is 24.1 Å². The molecule has 2 nitrogen and oxygen atoms in total. The number of rotatable bonds is 3. The van der Waals surface area contributed by atoms with Crippen molar-refractivity contribution in [1.29, 1.82) is 0 Å². The van der Waals surface area contributed by atoms with Gasteiger partial charge in [-0.25, -0.2) is 8.78 Å². The molecule has 2 rings (SSSR count). The molecule has 92 valence electrons. The lowest BCUT2D eigenvalue weighted by Gasteiger charge is -2.09. The number of amides is 1. The van der Waals surface area contributed by atoms with Crippen molar-refractivity contribution in [3.05, 3.63) is 29.3 Å². The fourth-order valence-electron chi connectivity index (χ4n) is 1.86. The van der Waals surface area contributed by atoms with Crippen LogP contribution in [0.1, 0.15) is 36.8 Å². The Morgan fingerprint density at radius 1 is 1.53 bits per heavy atom. The maximum absolute atomic E-state index is 12.9. The van der Waals surface area contributed by atoms with E-state index in [4.69, 9.17) is 0 Å². The fourth-order valence-corrected chi connectivity index (χ4v) is 1.86. The fraction of sp³-hybridized carbons (Fsp3) is 0.462. The van der Waals surface area contributed by atoms with Crippen LogP contribution in [0.3, 0.4) is 0 Å². The summed E-state index contributed by atoms with van der Waals surface area (Å²) in [5, 5.41) is 2.74. The standard InChI is InChI=1S/C13H15F2NO/c1-3-12(17)16-11-5-4-9(6-8(11)2)10-7-13(10,14)15/h4-6,10H,3,7H2,1-2H3,(H,16,17). The van der Waals surface area contributed by atoms with Crippen LogP contribution >= 0.6 is 0 Å². The minimum Gasteiger partial charge on any atom is -0.326 e. The number of carbonyl (C=O) groups is 1. The number of anilines is 1. The smallest absolute Gasteiger partial charge is 0.255 e. The lowest BCUT2D eigenvalue weighted by atomic mass is 10.1. The summed E-state index contributed by atoms with van der Waals surface area (Å²) in [5.41, 5.74) is 2.18. The maximum atomic E-state index is 12.9. The Morgan fingerprint density at radius 3 is 2.65 bits per heavy atom. The minimum absolute atomic E-state index is 0.0624. The molecule has 0 saturated heterocycles. The molecular weight excluding hydrogens is 224 g/mol.